The molecule has 0 aromatic heterocycles. The summed E-state index contributed by atoms with van der Waals surface area (Å²) in [5, 5.41) is 11.9. The second kappa shape index (κ2) is 5.57. The molecule has 2 saturated heterocycles. The molecule has 2 heterocycles. The molecular weight excluding hydrogens is 296 g/mol. The van der Waals surface area contributed by atoms with Gasteiger partial charge in [0.1, 0.15) is 0 Å². The highest BCUT2D eigenvalue weighted by molar-refractivity contribution is 7.91. The van der Waals surface area contributed by atoms with Gasteiger partial charge in [0.25, 0.3) is 0 Å². The normalized spacial score (nSPS) is 35.7. The molecule has 21 heavy (non-hydrogen) atoms. The van der Waals surface area contributed by atoms with Gasteiger partial charge in [-0.1, -0.05) is 0 Å². The van der Waals surface area contributed by atoms with E-state index < -0.39 is 27.3 Å². The molecular formula is C13H22N2O5S. The van der Waals surface area contributed by atoms with E-state index in [1.54, 1.807) is 13.8 Å². The van der Waals surface area contributed by atoms with Gasteiger partial charge in [-0.25, -0.2) is 8.42 Å². The third-order valence-corrected chi connectivity index (χ3v) is 6.40. The quantitative estimate of drug-likeness (QED) is 0.722. The number of nitrogens with one attached hydrogen (secondary N) is 1. The Morgan fingerprint density at radius 2 is 2.10 bits per heavy atom. The molecule has 2 aliphatic rings. The van der Waals surface area contributed by atoms with Crippen molar-refractivity contribution in [2.75, 3.05) is 24.6 Å². The van der Waals surface area contributed by atoms with Crippen molar-refractivity contribution >= 4 is 21.7 Å². The van der Waals surface area contributed by atoms with Crippen molar-refractivity contribution < 1.29 is 23.1 Å². The van der Waals surface area contributed by atoms with Gasteiger partial charge in [-0.05, 0) is 33.2 Å². The van der Waals surface area contributed by atoms with Gasteiger partial charge < -0.3 is 10.4 Å². The molecule has 0 saturated carbocycles. The molecule has 0 aliphatic carbocycles. The lowest BCUT2D eigenvalue weighted by Gasteiger charge is -2.27. The highest BCUT2D eigenvalue weighted by atomic mass is 32.2. The van der Waals surface area contributed by atoms with Crippen LogP contribution in [0.4, 0.5) is 0 Å². The number of carbonyl (C=O) groups is 2. The summed E-state index contributed by atoms with van der Waals surface area (Å²) in [5.74, 6) is -1.45. The molecule has 0 aromatic rings. The molecule has 2 fully saturated rings. The molecule has 7 nitrogen and oxygen atoms in total. The van der Waals surface area contributed by atoms with Crippen LogP contribution in [0.5, 0.6) is 0 Å². The summed E-state index contributed by atoms with van der Waals surface area (Å²) in [6.45, 7) is 4.23. The fourth-order valence-electron chi connectivity index (χ4n) is 3.23. The zero-order valence-electron chi connectivity index (χ0n) is 12.3. The topological polar surface area (TPSA) is 104 Å². The van der Waals surface area contributed by atoms with E-state index in [1.165, 1.54) is 0 Å². The highest BCUT2D eigenvalue weighted by Gasteiger charge is 2.41. The number of hydrogen-bond donors (Lipinski definition) is 2. The van der Waals surface area contributed by atoms with E-state index >= 15 is 0 Å². The number of sulfone groups is 1. The first-order valence-corrected chi connectivity index (χ1v) is 8.92. The van der Waals surface area contributed by atoms with Crippen molar-refractivity contribution in [1.82, 2.24) is 10.2 Å². The zero-order valence-corrected chi connectivity index (χ0v) is 13.1. The number of hydrogen-bond acceptors (Lipinski definition) is 5. The Hall–Kier alpha value is -1.15. The summed E-state index contributed by atoms with van der Waals surface area (Å²) in [5.41, 5.74) is -0.703. The molecule has 3 unspecified atom stereocenters. The SMILES string of the molecule is CC1C(C(=O)O)CCN1CC(=O)NC1(C)CCS(=O)(=O)C1. The van der Waals surface area contributed by atoms with Gasteiger partial charge in [0.2, 0.25) is 5.91 Å². The number of nitrogens with zero attached hydrogens (tertiary/aromatic N) is 1. The van der Waals surface area contributed by atoms with E-state index in [9.17, 15) is 18.0 Å². The Morgan fingerprint density at radius 1 is 1.43 bits per heavy atom. The van der Waals surface area contributed by atoms with Gasteiger partial charge >= 0.3 is 5.97 Å². The summed E-state index contributed by atoms with van der Waals surface area (Å²) < 4.78 is 23.0. The molecule has 0 aromatic carbocycles. The highest BCUT2D eigenvalue weighted by Crippen LogP contribution is 2.25. The Balaban J connectivity index is 1.90. The first kappa shape index (κ1) is 16.2. The summed E-state index contributed by atoms with van der Waals surface area (Å²) in [7, 11) is -3.06. The number of carboxylic acid groups (broad SMARTS) is 1. The van der Waals surface area contributed by atoms with Crippen molar-refractivity contribution in [2.45, 2.75) is 38.3 Å². The molecule has 0 radical (unpaired) electrons. The standard InChI is InChI=1S/C13H22N2O5S/c1-9-10(12(17)18)3-5-15(9)7-11(16)14-13(2)4-6-21(19,20)8-13/h9-10H,3-8H2,1-2H3,(H,14,16)(H,17,18). The monoisotopic (exact) mass is 318 g/mol. The van der Waals surface area contributed by atoms with E-state index in [0.29, 0.717) is 19.4 Å². The summed E-state index contributed by atoms with van der Waals surface area (Å²) in [4.78, 5) is 25.0. The Bertz CT molecular complexity index is 547. The number of amides is 1. The van der Waals surface area contributed by atoms with Crippen LogP contribution in [0.2, 0.25) is 0 Å². The molecule has 8 heteroatoms. The lowest BCUT2D eigenvalue weighted by atomic mass is 10.0. The zero-order chi connectivity index (χ0) is 15.8. The molecule has 2 N–H and O–H groups in total. The molecule has 0 spiro atoms. The predicted molar refractivity (Wildman–Crippen MR) is 76.6 cm³/mol. The Labute approximate surface area is 124 Å². The van der Waals surface area contributed by atoms with E-state index in [-0.39, 0.29) is 30.0 Å². The minimum absolute atomic E-state index is 0.0287. The first-order chi connectivity index (χ1) is 9.62. The van der Waals surface area contributed by atoms with Gasteiger partial charge in [-0.2, -0.15) is 0 Å². The largest absolute Gasteiger partial charge is 0.481 e. The summed E-state index contributed by atoms with van der Waals surface area (Å²) in [6, 6.07) is -0.187. The maximum atomic E-state index is 12.1. The Kier molecular flexibility index (Phi) is 4.30. The van der Waals surface area contributed by atoms with Crippen molar-refractivity contribution in [1.29, 1.82) is 0 Å². The van der Waals surface area contributed by atoms with Gasteiger partial charge in [0, 0.05) is 6.04 Å². The maximum Gasteiger partial charge on any atom is 0.308 e. The number of likely N-dealkylation sites (tertiary alicyclic amines) is 1. The minimum atomic E-state index is -3.06. The van der Waals surface area contributed by atoms with E-state index in [2.05, 4.69) is 5.32 Å². The number of rotatable bonds is 4. The van der Waals surface area contributed by atoms with Gasteiger partial charge in [-0.3, -0.25) is 14.5 Å². The molecule has 1 amide bonds. The van der Waals surface area contributed by atoms with E-state index in [0.717, 1.165) is 0 Å². The average Bonchev–Trinajstić information content (AvgIpc) is 2.80. The number of carbonyl (C=O) groups excluding carboxylic acids is 1. The van der Waals surface area contributed by atoms with E-state index in [1.807, 2.05) is 4.90 Å². The Morgan fingerprint density at radius 3 is 2.57 bits per heavy atom. The van der Waals surface area contributed by atoms with Crippen LogP contribution in [0.15, 0.2) is 0 Å². The van der Waals surface area contributed by atoms with Gasteiger partial charge in [0.05, 0.1) is 29.5 Å². The summed E-state index contributed by atoms with van der Waals surface area (Å²) in [6.07, 6.45) is 0.962. The van der Waals surface area contributed by atoms with Crippen LogP contribution in [0.1, 0.15) is 26.7 Å². The number of carboxylic acids is 1. The fourth-order valence-corrected chi connectivity index (χ4v) is 5.32. The van der Waals surface area contributed by atoms with Crippen molar-refractivity contribution in [2.24, 2.45) is 5.92 Å². The molecule has 2 rings (SSSR count). The smallest absolute Gasteiger partial charge is 0.308 e. The van der Waals surface area contributed by atoms with E-state index in [4.69, 9.17) is 5.11 Å². The van der Waals surface area contributed by atoms with Gasteiger partial charge in [0.15, 0.2) is 9.84 Å². The third kappa shape index (κ3) is 3.74. The predicted octanol–water partition coefficient (Wildman–Crippen LogP) is -0.525. The van der Waals surface area contributed by atoms with Crippen LogP contribution in [0, 0.1) is 5.92 Å². The minimum Gasteiger partial charge on any atom is -0.481 e. The van der Waals surface area contributed by atoms with Crippen LogP contribution in [-0.2, 0) is 19.4 Å². The van der Waals surface area contributed by atoms with Crippen LogP contribution < -0.4 is 5.32 Å². The first-order valence-electron chi connectivity index (χ1n) is 7.10. The summed E-state index contributed by atoms with van der Waals surface area (Å²) >= 11 is 0. The van der Waals surface area contributed by atoms with Gasteiger partial charge in [-0.15, -0.1) is 0 Å². The third-order valence-electron chi connectivity index (χ3n) is 4.49. The second-order valence-electron chi connectivity index (χ2n) is 6.40. The van der Waals surface area contributed by atoms with Crippen LogP contribution in [-0.4, -0.2) is 66.5 Å². The van der Waals surface area contributed by atoms with Crippen LogP contribution >= 0.6 is 0 Å². The molecule has 120 valence electrons. The van der Waals surface area contributed by atoms with Crippen molar-refractivity contribution in [3.05, 3.63) is 0 Å². The second-order valence-corrected chi connectivity index (χ2v) is 8.58. The number of aliphatic carboxylic acids is 1. The lowest BCUT2D eigenvalue weighted by Crippen LogP contribution is -2.51. The molecule has 2 aliphatic heterocycles. The van der Waals surface area contributed by atoms with Crippen LogP contribution in [0.3, 0.4) is 0 Å². The fraction of sp³-hybridized carbons (Fsp3) is 0.846. The van der Waals surface area contributed by atoms with Crippen LogP contribution in [0.25, 0.3) is 0 Å². The van der Waals surface area contributed by atoms with Crippen molar-refractivity contribution in [3.63, 3.8) is 0 Å². The molecule has 3 atom stereocenters. The lowest BCUT2D eigenvalue weighted by molar-refractivity contribution is -0.142. The average molecular weight is 318 g/mol. The molecule has 0 bridgehead atoms. The maximum absolute atomic E-state index is 12.1. The van der Waals surface area contributed by atoms with Crippen molar-refractivity contribution in [3.8, 4) is 0 Å².